The summed E-state index contributed by atoms with van der Waals surface area (Å²) in [6, 6.07) is 6.86. The Morgan fingerprint density at radius 2 is 1.80 bits per heavy atom. The van der Waals surface area contributed by atoms with Gasteiger partial charge in [-0.15, -0.1) is 0 Å². The average molecular weight is 406 g/mol. The molecule has 3 aromatic heterocycles. The Morgan fingerprint density at radius 1 is 1.07 bits per heavy atom. The maximum Gasteiger partial charge on any atom is 0.256 e. The van der Waals surface area contributed by atoms with E-state index in [2.05, 4.69) is 30.9 Å². The van der Waals surface area contributed by atoms with Gasteiger partial charge in [0.1, 0.15) is 23.6 Å². The number of carbonyl (C=O) groups is 1. The number of aromatic nitrogens is 4. The Morgan fingerprint density at radius 3 is 2.53 bits per heavy atom. The second kappa shape index (κ2) is 7.59. The lowest BCUT2D eigenvalue weighted by Gasteiger charge is -2.39. The van der Waals surface area contributed by atoms with Gasteiger partial charge in [0.2, 0.25) is 0 Å². The average Bonchev–Trinajstić information content (AvgIpc) is 3.51. The van der Waals surface area contributed by atoms with Crippen molar-refractivity contribution >= 4 is 28.6 Å². The van der Waals surface area contributed by atoms with Crippen molar-refractivity contribution in [1.29, 1.82) is 0 Å². The van der Waals surface area contributed by atoms with Gasteiger partial charge in [-0.1, -0.05) is 0 Å². The van der Waals surface area contributed by atoms with Gasteiger partial charge < -0.3 is 19.7 Å². The van der Waals surface area contributed by atoms with Crippen LogP contribution in [0, 0.1) is 0 Å². The van der Waals surface area contributed by atoms with Crippen LogP contribution in [0.15, 0.2) is 36.9 Å². The van der Waals surface area contributed by atoms with Gasteiger partial charge >= 0.3 is 0 Å². The molecule has 8 heteroatoms. The summed E-state index contributed by atoms with van der Waals surface area (Å²) >= 11 is 0. The fraction of sp³-hybridized carbons (Fsp3) is 0.455. The zero-order valence-corrected chi connectivity index (χ0v) is 17.5. The second-order valence-corrected chi connectivity index (χ2v) is 8.39. The molecule has 5 rings (SSSR count). The Balaban J connectivity index is 1.31. The van der Waals surface area contributed by atoms with Crippen LogP contribution in [-0.2, 0) is 0 Å². The summed E-state index contributed by atoms with van der Waals surface area (Å²) in [6.07, 6.45) is 9.50. The number of aromatic amines is 1. The molecule has 0 radical (unpaired) electrons. The number of pyridine rings is 1. The number of amides is 1. The fourth-order valence-corrected chi connectivity index (χ4v) is 4.40. The highest BCUT2D eigenvalue weighted by Crippen LogP contribution is 2.36. The largest absolute Gasteiger partial charge is 0.363 e. The molecular weight excluding hydrogens is 378 g/mol. The first kappa shape index (κ1) is 18.8. The molecule has 1 N–H and O–H groups in total. The minimum Gasteiger partial charge on any atom is -0.363 e. The lowest BCUT2D eigenvalue weighted by molar-refractivity contribution is 0.0714. The molecule has 0 bridgehead atoms. The molecule has 0 unspecified atom stereocenters. The van der Waals surface area contributed by atoms with Gasteiger partial charge in [-0.3, -0.25) is 4.79 Å². The SMILES string of the molecule is CN(C)c1cc(N(C2CC2)C2CCN(C(=O)c3c[nH]c4ncccc34)CC2)ncn1. The Labute approximate surface area is 175 Å². The van der Waals surface area contributed by atoms with Crippen LogP contribution >= 0.6 is 0 Å². The number of nitrogens with zero attached hydrogens (tertiary/aromatic N) is 6. The van der Waals surface area contributed by atoms with E-state index < -0.39 is 0 Å². The number of anilines is 2. The van der Waals surface area contributed by atoms with Crippen LogP contribution in [0.25, 0.3) is 11.0 Å². The normalized spacial score (nSPS) is 17.3. The standard InChI is InChI=1S/C22H27N7O/c1-27(2)19-12-20(26-14-25-19)29(15-5-6-15)16-7-10-28(11-8-16)22(30)18-13-24-21-17(18)4-3-9-23-21/h3-4,9,12-16H,5-8,10-11H2,1-2H3,(H,23,24). The topological polar surface area (TPSA) is 81.2 Å². The van der Waals surface area contributed by atoms with Crippen LogP contribution in [0.1, 0.15) is 36.0 Å². The molecular formula is C22H27N7O. The number of nitrogens with one attached hydrogen (secondary N) is 1. The molecule has 0 spiro atoms. The van der Waals surface area contributed by atoms with Crippen LogP contribution < -0.4 is 9.80 Å². The lowest BCUT2D eigenvalue weighted by Crippen LogP contribution is -2.48. The second-order valence-electron chi connectivity index (χ2n) is 8.39. The predicted molar refractivity (Wildman–Crippen MR) is 117 cm³/mol. The number of hydrogen-bond donors (Lipinski definition) is 1. The molecule has 2 aliphatic rings. The molecule has 0 atom stereocenters. The van der Waals surface area contributed by atoms with Gasteiger partial charge in [0.05, 0.1) is 5.56 Å². The zero-order chi connectivity index (χ0) is 20.7. The Kier molecular flexibility index (Phi) is 4.77. The maximum absolute atomic E-state index is 13.1. The molecule has 1 aliphatic carbocycles. The summed E-state index contributed by atoms with van der Waals surface area (Å²) < 4.78 is 0. The van der Waals surface area contributed by atoms with Gasteiger partial charge in [-0.2, -0.15) is 0 Å². The summed E-state index contributed by atoms with van der Waals surface area (Å²) in [5.74, 6) is 2.01. The quantitative estimate of drug-likeness (QED) is 0.703. The molecule has 1 aliphatic heterocycles. The van der Waals surface area contributed by atoms with Crippen LogP contribution in [0.3, 0.4) is 0 Å². The summed E-state index contributed by atoms with van der Waals surface area (Å²) in [5, 5.41) is 0.890. The smallest absolute Gasteiger partial charge is 0.256 e. The molecule has 156 valence electrons. The number of hydrogen-bond acceptors (Lipinski definition) is 6. The van der Waals surface area contributed by atoms with Crippen LogP contribution in [0.4, 0.5) is 11.6 Å². The molecule has 8 nitrogen and oxygen atoms in total. The van der Waals surface area contributed by atoms with E-state index >= 15 is 0 Å². The van der Waals surface area contributed by atoms with E-state index in [1.807, 2.05) is 36.0 Å². The van der Waals surface area contributed by atoms with Gasteiger partial charge in [-0.25, -0.2) is 15.0 Å². The summed E-state index contributed by atoms with van der Waals surface area (Å²) in [4.78, 5) is 35.9. The number of piperidine rings is 1. The van der Waals surface area contributed by atoms with Gasteiger partial charge in [0, 0.05) is 63.1 Å². The van der Waals surface area contributed by atoms with Crippen molar-refractivity contribution in [1.82, 2.24) is 24.8 Å². The van der Waals surface area contributed by atoms with E-state index in [0.717, 1.165) is 48.6 Å². The monoisotopic (exact) mass is 405 g/mol. The van der Waals surface area contributed by atoms with Gasteiger partial charge in [0.15, 0.2) is 0 Å². The van der Waals surface area contributed by atoms with E-state index in [1.54, 1.807) is 18.7 Å². The Bertz CT molecular complexity index is 1050. The molecule has 4 heterocycles. The molecule has 1 amide bonds. The molecule has 30 heavy (non-hydrogen) atoms. The highest BCUT2D eigenvalue weighted by Gasteiger charge is 2.37. The van der Waals surface area contributed by atoms with Crippen LogP contribution in [0.2, 0.25) is 0 Å². The first-order chi connectivity index (χ1) is 14.6. The zero-order valence-electron chi connectivity index (χ0n) is 17.5. The fourth-order valence-electron chi connectivity index (χ4n) is 4.40. The van der Waals surface area contributed by atoms with E-state index in [-0.39, 0.29) is 5.91 Å². The first-order valence-electron chi connectivity index (χ1n) is 10.6. The highest BCUT2D eigenvalue weighted by atomic mass is 16.2. The third kappa shape index (κ3) is 3.46. The van der Waals surface area contributed by atoms with Crippen molar-refractivity contribution < 1.29 is 4.79 Å². The summed E-state index contributed by atoms with van der Waals surface area (Å²) in [7, 11) is 4.00. The summed E-state index contributed by atoms with van der Waals surface area (Å²) in [5.41, 5.74) is 1.47. The molecule has 1 saturated heterocycles. The van der Waals surface area contributed by atoms with Crippen molar-refractivity contribution in [2.75, 3.05) is 37.0 Å². The van der Waals surface area contributed by atoms with Crippen molar-refractivity contribution in [3.8, 4) is 0 Å². The molecule has 2 fully saturated rings. The van der Waals surface area contributed by atoms with E-state index in [1.165, 1.54) is 12.8 Å². The number of carbonyl (C=O) groups excluding carboxylic acids is 1. The number of H-pyrrole nitrogens is 1. The number of fused-ring (bicyclic) bond motifs is 1. The van der Waals surface area contributed by atoms with Crippen molar-refractivity contribution in [3.63, 3.8) is 0 Å². The van der Waals surface area contributed by atoms with E-state index in [9.17, 15) is 4.79 Å². The van der Waals surface area contributed by atoms with Gasteiger partial charge in [0.25, 0.3) is 5.91 Å². The first-order valence-corrected chi connectivity index (χ1v) is 10.6. The van der Waals surface area contributed by atoms with Crippen molar-refractivity contribution in [2.24, 2.45) is 0 Å². The van der Waals surface area contributed by atoms with E-state index in [0.29, 0.717) is 17.6 Å². The lowest BCUT2D eigenvalue weighted by atomic mass is 10.0. The summed E-state index contributed by atoms with van der Waals surface area (Å²) in [6.45, 7) is 1.51. The number of rotatable bonds is 5. The minimum absolute atomic E-state index is 0.0857. The Hall–Kier alpha value is -3.16. The van der Waals surface area contributed by atoms with Gasteiger partial charge in [-0.05, 0) is 37.8 Å². The molecule has 3 aromatic rings. The van der Waals surface area contributed by atoms with Crippen molar-refractivity contribution in [3.05, 3.63) is 42.5 Å². The predicted octanol–water partition coefficient (Wildman–Crippen LogP) is 2.69. The molecule has 1 saturated carbocycles. The minimum atomic E-state index is 0.0857. The highest BCUT2D eigenvalue weighted by molar-refractivity contribution is 6.05. The van der Waals surface area contributed by atoms with E-state index in [4.69, 9.17) is 0 Å². The molecule has 0 aromatic carbocycles. The maximum atomic E-state index is 13.1. The third-order valence-electron chi connectivity index (χ3n) is 6.13. The van der Waals surface area contributed by atoms with Crippen molar-refractivity contribution in [2.45, 2.75) is 37.8 Å². The van der Waals surface area contributed by atoms with Crippen LogP contribution in [0.5, 0.6) is 0 Å². The third-order valence-corrected chi connectivity index (χ3v) is 6.13. The number of likely N-dealkylation sites (tertiary alicyclic amines) is 1. The van der Waals surface area contributed by atoms with Crippen LogP contribution in [-0.4, -0.2) is 70.0 Å².